The zero-order valence-corrected chi connectivity index (χ0v) is 36.0. The van der Waals surface area contributed by atoms with Crippen LogP contribution in [0.2, 0.25) is 10.0 Å². The number of hydrogen-bond donors (Lipinski definition) is 2. The number of nitrogens with zero attached hydrogens (tertiary/aromatic N) is 4. The van der Waals surface area contributed by atoms with E-state index in [-0.39, 0.29) is 41.2 Å². The minimum Gasteiger partial charge on any atom is -0.491 e. The summed E-state index contributed by atoms with van der Waals surface area (Å²) in [5.41, 5.74) is 5.18. The Morgan fingerprint density at radius 2 is 0.789 bits per heavy atom. The van der Waals surface area contributed by atoms with Gasteiger partial charge < -0.3 is 45.9 Å². The van der Waals surface area contributed by atoms with Gasteiger partial charge in [-0.05, 0) is 99.5 Å². The van der Waals surface area contributed by atoms with Gasteiger partial charge in [-0.15, -0.1) is 24.8 Å². The molecule has 0 amide bonds. The van der Waals surface area contributed by atoms with Crippen molar-refractivity contribution in [3.05, 3.63) is 118 Å². The first kappa shape index (κ1) is 54.0. The maximum absolute atomic E-state index is 10.2. The molecular formula is C42H62Cl4N4O7. The molecule has 8 N–H and O–H groups in total. The van der Waals surface area contributed by atoms with Crippen LogP contribution in [-0.4, -0.2) is 127 Å². The Morgan fingerprint density at radius 1 is 0.491 bits per heavy atom. The van der Waals surface area contributed by atoms with Crippen molar-refractivity contribution in [1.29, 1.82) is 0 Å². The minimum absolute atomic E-state index is 0. The molecule has 2 atom stereocenters. The Hall–Kier alpha value is -3.04. The molecule has 0 saturated carbocycles. The van der Waals surface area contributed by atoms with Crippen LogP contribution in [0, 0.1) is 13.8 Å². The highest BCUT2D eigenvalue weighted by atomic mass is 35.5. The second-order valence-electron chi connectivity index (χ2n) is 13.7. The maximum Gasteiger partial charge on any atom is 0.119 e. The summed E-state index contributed by atoms with van der Waals surface area (Å²) in [5.74, 6) is 1.47. The van der Waals surface area contributed by atoms with Crippen molar-refractivity contribution in [3.8, 4) is 11.5 Å². The van der Waals surface area contributed by atoms with Crippen molar-refractivity contribution in [2.45, 2.75) is 38.9 Å². The summed E-state index contributed by atoms with van der Waals surface area (Å²) in [6.07, 6.45) is 0.526. The fraction of sp³-hybridized carbons (Fsp3) is 0.429. The molecule has 2 aliphatic rings. The first-order chi connectivity index (χ1) is 25.2. The summed E-state index contributed by atoms with van der Waals surface area (Å²) in [6, 6.07) is 31.9. The van der Waals surface area contributed by atoms with Crippen molar-refractivity contribution in [3.63, 3.8) is 0 Å². The van der Waals surface area contributed by atoms with Crippen LogP contribution in [0.3, 0.4) is 0 Å². The van der Waals surface area contributed by atoms with Crippen LogP contribution in [0.4, 0.5) is 11.4 Å². The van der Waals surface area contributed by atoms with Crippen LogP contribution in [-0.2, 0) is 0 Å². The summed E-state index contributed by atoms with van der Waals surface area (Å²) in [6.45, 7) is 14.9. The topological polar surface area (TPSA) is 166 Å². The molecule has 4 aromatic rings. The Balaban J connectivity index is 0.00000101. The first-order valence-corrected chi connectivity index (χ1v) is 19.2. The van der Waals surface area contributed by atoms with Gasteiger partial charge in [0.05, 0.1) is 12.2 Å². The van der Waals surface area contributed by atoms with Crippen molar-refractivity contribution in [1.82, 2.24) is 9.80 Å². The predicted molar refractivity (Wildman–Crippen MR) is 240 cm³/mol. The fourth-order valence-corrected chi connectivity index (χ4v) is 6.50. The van der Waals surface area contributed by atoms with Crippen LogP contribution in [0.5, 0.6) is 11.5 Å². The molecule has 0 aromatic heterocycles. The number of ether oxygens (including phenoxy) is 2. The molecule has 0 aliphatic carbocycles. The van der Waals surface area contributed by atoms with Crippen LogP contribution < -0.4 is 19.3 Å². The minimum atomic E-state index is -0.458. The molecular weight excluding hydrogens is 814 g/mol. The van der Waals surface area contributed by atoms with Gasteiger partial charge in [-0.1, -0.05) is 58.6 Å². The number of halogens is 4. The van der Waals surface area contributed by atoms with Crippen molar-refractivity contribution in [2.24, 2.45) is 0 Å². The molecule has 2 unspecified atom stereocenters. The van der Waals surface area contributed by atoms with Gasteiger partial charge in [0.1, 0.15) is 24.7 Å². The molecule has 0 bridgehead atoms. The quantitative estimate of drug-likeness (QED) is 0.166. The number of aliphatic hydroxyl groups excluding tert-OH is 2. The molecule has 15 heteroatoms. The van der Waals surface area contributed by atoms with Crippen LogP contribution in [0.1, 0.15) is 24.0 Å². The number of anilines is 2. The molecule has 57 heavy (non-hydrogen) atoms. The lowest BCUT2D eigenvalue weighted by Gasteiger charge is -2.36. The lowest BCUT2D eigenvalue weighted by Crippen LogP contribution is -2.47. The highest BCUT2D eigenvalue weighted by Gasteiger charge is 2.19. The van der Waals surface area contributed by atoms with E-state index in [0.717, 1.165) is 89.8 Å². The summed E-state index contributed by atoms with van der Waals surface area (Å²) in [5, 5.41) is 21.7. The third-order valence-electron chi connectivity index (χ3n) is 9.61. The van der Waals surface area contributed by atoms with Gasteiger partial charge in [0, 0.05) is 86.9 Å². The van der Waals surface area contributed by atoms with Gasteiger partial charge >= 0.3 is 0 Å². The van der Waals surface area contributed by atoms with Crippen molar-refractivity contribution in [2.75, 3.05) is 88.5 Å². The number of hydrogen-bond acceptors (Lipinski definition) is 8. The molecule has 0 radical (unpaired) electrons. The van der Waals surface area contributed by atoms with Crippen molar-refractivity contribution >= 4 is 59.4 Å². The SMILES string of the molecule is Cc1ccc(N2CCN(CCC(O)COc3ccc(Cl)cc3)CC2)cc1.Cc1ccc(N2CCN(CCC(O)COc3ccc(Cl)cc3)CC2)cc1.Cl.Cl.O.O.O. The monoisotopic (exact) mass is 874 g/mol. The Kier molecular flexibility index (Phi) is 26.9. The zero-order chi connectivity index (χ0) is 36.7. The number of benzene rings is 4. The molecule has 4 aromatic carbocycles. The standard InChI is InChI=1S/2C21H27ClN2O2.2ClH.3H2O/c2*1-17-2-6-19(7-3-17)24-14-12-23(13-15-24)11-10-20(25)16-26-21-8-4-18(22)5-9-21;;;;;/h2*2-9,20,25H,10-16H2,1H3;2*1H;3*1H2. The Morgan fingerprint density at radius 3 is 1.09 bits per heavy atom. The molecule has 2 aliphatic heterocycles. The van der Waals surface area contributed by atoms with Crippen LogP contribution in [0.25, 0.3) is 0 Å². The van der Waals surface area contributed by atoms with Gasteiger partial charge in [0.15, 0.2) is 0 Å². The van der Waals surface area contributed by atoms with E-state index in [0.29, 0.717) is 23.3 Å². The molecule has 0 spiro atoms. The fourth-order valence-electron chi connectivity index (χ4n) is 6.25. The lowest BCUT2D eigenvalue weighted by atomic mass is 10.2. The number of aryl methyl sites for hydroxylation is 2. The molecule has 2 heterocycles. The molecule has 11 nitrogen and oxygen atoms in total. The van der Waals surface area contributed by atoms with Gasteiger partial charge in [0.25, 0.3) is 0 Å². The van der Waals surface area contributed by atoms with Gasteiger partial charge in [-0.3, -0.25) is 9.80 Å². The van der Waals surface area contributed by atoms with Crippen molar-refractivity contribution < 1.29 is 36.1 Å². The molecule has 2 saturated heterocycles. The summed E-state index contributed by atoms with van der Waals surface area (Å²) < 4.78 is 11.2. The Bertz CT molecular complexity index is 1470. The number of rotatable bonds is 14. The lowest BCUT2D eigenvalue weighted by molar-refractivity contribution is 0.0865. The maximum atomic E-state index is 10.2. The van der Waals surface area contributed by atoms with E-state index in [2.05, 4.69) is 82.0 Å². The summed E-state index contributed by atoms with van der Waals surface area (Å²) in [7, 11) is 0. The third kappa shape index (κ3) is 19.1. The van der Waals surface area contributed by atoms with Crippen LogP contribution >= 0.6 is 48.0 Å². The van der Waals surface area contributed by atoms with Gasteiger partial charge in [0.2, 0.25) is 0 Å². The van der Waals surface area contributed by atoms with E-state index >= 15 is 0 Å². The first-order valence-electron chi connectivity index (χ1n) is 18.4. The molecule has 2 fully saturated rings. The van der Waals surface area contributed by atoms with Gasteiger partial charge in [-0.25, -0.2) is 0 Å². The van der Waals surface area contributed by atoms with E-state index in [9.17, 15) is 10.2 Å². The summed E-state index contributed by atoms with van der Waals surface area (Å²) in [4.78, 5) is 9.68. The highest BCUT2D eigenvalue weighted by molar-refractivity contribution is 6.30. The van der Waals surface area contributed by atoms with E-state index in [1.165, 1.54) is 22.5 Å². The molecule has 6 rings (SSSR count). The van der Waals surface area contributed by atoms with E-state index in [1.807, 2.05) is 24.3 Å². The average Bonchev–Trinajstić information content (AvgIpc) is 3.17. The molecule has 320 valence electrons. The average molecular weight is 877 g/mol. The predicted octanol–water partition coefficient (Wildman–Crippen LogP) is 5.57. The second kappa shape index (κ2) is 28.4. The Labute approximate surface area is 360 Å². The largest absolute Gasteiger partial charge is 0.491 e. The van der Waals surface area contributed by atoms with Gasteiger partial charge in [-0.2, -0.15) is 0 Å². The third-order valence-corrected chi connectivity index (χ3v) is 10.1. The second-order valence-corrected chi connectivity index (χ2v) is 14.6. The normalized spacial score (nSPS) is 15.1. The number of piperazine rings is 2. The summed E-state index contributed by atoms with van der Waals surface area (Å²) >= 11 is 11.7. The highest BCUT2D eigenvalue weighted by Crippen LogP contribution is 2.20. The van der Waals surface area contributed by atoms with Crippen LogP contribution in [0.15, 0.2) is 97.1 Å². The van der Waals surface area contributed by atoms with E-state index < -0.39 is 12.2 Å². The van der Waals surface area contributed by atoms with E-state index in [1.54, 1.807) is 24.3 Å². The zero-order valence-electron chi connectivity index (χ0n) is 32.9. The van der Waals surface area contributed by atoms with E-state index in [4.69, 9.17) is 32.7 Å². The smallest absolute Gasteiger partial charge is 0.119 e. The number of aliphatic hydroxyl groups is 2.